The first-order valence-electron chi connectivity index (χ1n) is 9.38. The van der Waals surface area contributed by atoms with Gasteiger partial charge in [-0.05, 0) is 69.4 Å². The number of ether oxygens (including phenoxy) is 1. The van der Waals surface area contributed by atoms with E-state index in [0.717, 1.165) is 50.3 Å². The smallest absolute Gasteiger partial charge is 0.222 e. The van der Waals surface area contributed by atoms with Gasteiger partial charge in [0.05, 0.1) is 6.10 Å². The van der Waals surface area contributed by atoms with Gasteiger partial charge >= 0.3 is 0 Å². The minimum Gasteiger partial charge on any atom is -0.378 e. The van der Waals surface area contributed by atoms with Crippen LogP contribution in [0, 0.1) is 17.8 Å². The van der Waals surface area contributed by atoms with E-state index in [0.29, 0.717) is 18.4 Å². The maximum absolute atomic E-state index is 11.7. The van der Waals surface area contributed by atoms with Crippen molar-refractivity contribution in [2.45, 2.75) is 58.0 Å². The lowest BCUT2D eigenvalue weighted by Crippen LogP contribution is -2.40. The van der Waals surface area contributed by atoms with E-state index in [9.17, 15) is 4.79 Å². The van der Waals surface area contributed by atoms with Crippen LogP contribution >= 0.6 is 0 Å². The Morgan fingerprint density at radius 2 is 1.91 bits per heavy atom. The van der Waals surface area contributed by atoms with Crippen LogP contribution in [0.25, 0.3) is 0 Å². The summed E-state index contributed by atoms with van der Waals surface area (Å²) in [5.41, 5.74) is 0. The Bertz CT molecular complexity index is 360. The molecule has 0 bridgehead atoms. The summed E-state index contributed by atoms with van der Waals surface area (Å²) in [6.45, 7) is 7.09. The van der Waals surface area contributed by atoms with Crippen molar-refractivity contribution in [3.05, 3.63) is 0 Å². The number of hydrogen-bond acceptors (Lipinski definition) is 3. The molecule has 0 aromatic rings. The highest BCUT2D eigenvalue weighted by atomic mass is 16.5. The molecule has 3 rings (SSSR count). The van der Waals surface area contributed by atoms with E-state index < -0.39 is 0 Å². The second-order valence-electron chi connectivity index (χ2n) is 7.34. The summed E-state index contributed by atoms with van der Waals surface area (Å²) >= 11 is 0. The molecule has 0 radical (unpaired) electrons. The van der Waals surface area contributed by atoms with Crippen LogP contribution < -0.4 is 5.32 Å². The van der Waals surface area contributed by atoms with Crippen molar-refractivity contribution in [3.8, 4) is 0 Å². The zero-order chi connectivity index (χ0) is 15.4. The summed E-state index contributed by atoms with van der Waals surface area (Å²) < 4.78 is 6.08. The molecule has 0 unspecified atom stereocenters. The van der Waals surface area contributed by atoms with E-state index >= 15 is 0 Å². The summed E-state index contributed by atoms with van der Waals surface area (Å²) in [6, 6.07) is 0. The Hall–Kier alpha value is -0.610. The third-order valence-electron chi connectivity index (χ3n) is 5.91. The lowest BCUT2D eigenvalue weighted by molar-refractivity contribution is -0.133. The monoisotopic (exact) mass is 308 g/mol. The Kier molecular flexibility index (Phi) is 5.75. The average molecular weight is 308 g/mol. The fourth-order valence-electron chi connectivity index (χ4n) is 4.33. The molecule has 3 fully saturated rings. The third kappa shape index (κ3) is 4.23. The molecule has 1 saturated carbocycles. The topological polar surface area (TPSA) is 41.6 Å². The highest BCUT2D eigenvalue weighted by Gasteiger charge is 2.42. The zero-order valence-electron chi connectivity index (χ0n) is 14.1. The number of carbonyl (C=O) groups is 1. The molecule has 2 atom stereocenters. The Balaban J connectivity index is 1.26. The number of piperidine rings is 2. The van der Waals surface area contributed by atoms with E-state index in [1.807, 2.05) is 11.8 Å². The van der Waals surface area contributed by atoms with Crippen molar-refractivity contribution in [1.82, 2.24) is 10.2 Å². The normalized spacial score (nSPS) is 30.5. The molecule has 2 heterocycles. The molecule has 0 aromatic heterocycles. The predicted molar refractivity (Wildman–Crippen MR) is 87.7 cm³/mol. The van der Waals surface area contributed by atoms with E-state index in [2.05, 4.69) is 5.32 Å². The lowest BCUT2D eigenvalue weighted by Gasteiger charge is -2.31. The highest BCUT2D eigenvalue weighted by molar-refractivity contribution is 5.75. The van der Waals surface area contributed by atoms with Gasteiger partial charge in [0.1, 0.15) is 0 Å². The molecule has 0 spiro atoms. The standard InChI is InChI=1S/C18H32N2O2/c1-2-18(21)20-10-5-16(6-11-20)22-12-7-15-13-17(15)14-3-8-19-9-4-14/h14-17,19H,2-13H2,1H3/t15-,17-/m1/s1. The number of nitrogens with one attached hydrogen (secondary N) is 1. The minimum absolute atomic E-state index is 0.293. The summed E-state index contributed by atoms with van der Waals surface area (Å²) in [5.74, 6) is 3.20. The van der Waals surface area contributed by atoms with Crippen molar-refractivity contribution in [2.75, 3.05) is 32.8 Å². The van der Waals surface area contributed by atoms with Crippen molar-refractivity contribution in [1.29, 1.82) is 0 Å². The average Bonchev–Trinajstić information content (AvgIpc) is 3.35. The summed E-state index contributed by atoms with van der Waals surface area (Å²) in [4.78, 5) is 13.6. The van der Waals surface area contributed by atoms with Gasteiger partial charge in [-0.1, -0.05) is 6.92 Å². The fraction of sp³-hybridized carbons (Fsp3) is 0.944. The largest absolute Gasteiger partial charge is 0.378 e. The van der Waals surface area contributed by atoms with Gasteiger partial charge in [-0.15, -0.1) is 0 Å². The van der Waals surface area contributed by atoms with Gasteiger partial charge in [-0.2, -0.15) is 0 Å². The molecule has 2 aliphatic heterocycles. The van der Waals surface area contributed by atoms with Crippen LogP contribution in [-0.4, -0.2) is 49.7 Å². The van der Waals surface area contributed by atoms with Crippen LogP contribution in [0.2, 0.25) is 0 Å². The van der Waals surface area contributed by atoms with Crippen LogP contribution in [0.4, 0.5) is 0 Å². The van der Waals surface area contributed by atoms with E-state index in [1.165, 1.54) is 38.8 Å². The molecular formula is C18H32N2O2. The molecule has 3 aliphatic rings. The lowest BCUT2D eigenvalue weighted by atomic mass is 9.91. The van der Waals surface area contributed by atoms with Crippen LogP contribution in [0.1, 0.15) is 51.9 Å². The first-order chi connectivity index (χ1) is 10.8. The number of rotatable bonds is 6. The first kappa shape index (κ1) is 16.3. The maximum Gasteiger partial charge on any atom is 0.222 e. The van der Waals surface area contributed by atoms with Gasteiger partial charge in [0.25, 0.3) is 0 Å². The van der Waals surface area contributed by atoms with Crippen LogP contribution in [0.15, 0.2) is 0 Å². The predicted octanol–water partition coefficient (Wildman–Crippen LogP) is 2.43. The van der Waals surface area contributed by atoms with E-state index in [4.69, 9.17) is 4.74 Å². The molecule has 4 nitrogen and oxygen atoms in total. The van der Waals surface area contributed by atoms with Crippen molar-refractivity contribution >= 4 is 5.91 Å². The third-order valence-corrected chi connectivity index (χ3v) is 5.91. The second-order valence-corrected chi connectivity index (χ2v) is 7.34. The van der Waals surface area contributed by atoms with Gasteiger partial charge in [-0.25, -0.2) is 0 Å². The number of hydrogen-bond donors (Lipinski definition) is 1. The minimum atomic E-state index is 0.293. The Morgan fingerprint density at radius 1 is 1.18 bits per heavy atom. The van der Waals surface area contributed by atoms with Crippen molar-refractivity contribution < 1.29 is 9.53 Å². The summed E-state index contributed by atoms with van der Waals surface area (Å²) in [7, 11) is 0. The molecule has 4 heteroatoms. The summed E-state index contributed by atoms with van der Waals surface area (Å²) in [5, 5.41) is 3.46. The maximum atomic E-state index is 11.7. The van der Waals surface area contributed by atoms with Gasteiger partial charge < -0.3 is 15.0 Å². The molecule has 0 aromatic carbocycles. The quantitative estimate of drug-likeness (QED) is 0.819. The Labute approximate surface area is 135 Å². The Morgan fingerprint density at radius 3 is 2.59 bits per heavy atom. The molecular weight excluding hydrogens is 276 g/mol. The second kappa shape index (κ2) is 7.78. The van der Waals surface area contributed by atoms with Crippen LogP contribution in [-0.2, 0) is 9.53 Å². The zero-order valence-corrected chi connectivity index (χ0v) is 14.1. The molecule has 1 N–H and O–H groups in total. The molecule has 2 saturated heterocycles. The van der Waals surface area contributed by atoms with E-state index in [-0.39, 0.29) is 0 Å². The van der Waals surface area contributed by atoms with Crippen molar-refractivity contribution in [3.63, 3.8) is 0 Å². The fourth-order valence-corrected chi connectivity index (χ4v) is 4.33. The van der Waals surface area contributed by atoms with Gasteiger partial charge in [-0.3, -0.25) is 4.79 Å². The molecule has 1 aliphatic carbocycles. The number of nitrogens with zero attached hydrogens (tertiary/aromatic N) is 1. The van der Waals surface area contributed by atoms with E-state index in [1.54, 1.807) is 0 Å². The number of likely N-dealkylation sites (tertiary alicyclic amines) is 1. The van der Waals surface area contributed by atoms with Crippen LogP contribution in [0.3, 0.4) is 0 Å². The highest BCUT2D eigenvalue weighted by Crippen LogP contribution is 2.49. The molecule has 22 heavy (non-hydrogen) atoms. The van der Waals surface area contributed by atoms with Gasteiger partial charge in [0.15, 0.2) is 0 Å². The first-order valence-corrected chi connectivity index (χ1v) is 9.38. The van der Waals surface area contributed by atoms with Gasteiger partial charge in [0, 0.05) is 26.1 Å². The number of carbonyl (C=O) groups excluding carboxylic acids is 1. The van der Waals surface area contributed by atoms with Crippen LogP contribution in [0.5, 0.6) is 0 Å². The van der Waals surface area contributed by atoms with Crippen molar-refractivity contribution in [2.24, 2.45) is 17.8 Å². The van der Waals surface area contributed by atoms with Gasteiger partial charge in [0.2, 0.25) is 5.91 Å². The SMILES string of the molecule is CCC(=O)N1CCC(OCC[C@@H]2C[C@@H]2C2CCNCC2)CC1. The summed E-state index contributed by atoms with van der Waals surface area (Å²) in [6.07, 6.45) is 8.52. The number of amides is 1. The molecule has 1 amide bonds. The molecule has 126 valence electrons.